The molecule has 4 N–H and O–H groups in total. The number of ether oxygens (including phenoxy) is 1. The van der Waals surface area contributed by atoms with Gasteiger partial charge in [-0.25, -0.2) is 5.48 Å². The second-order valence-corrected chi connectivity index (χ2v) is 3.33. The van der Waals surface area contributed by atoms with Gasteiger partial charge in [0.05, 0.1) is 13.0 Å². The number of carbonyl (C=O) groups is 1. The van der Waals surface area contributed by atoms with E-state index in [1.54, 1.807) is 6.92 Å². The first-order valence-electron chi connectivity index (χ1n) is 4.84. The molecule has 0 radical (unpaired) electrons. The van der Waals surface area contributed by atoms with Crippen molar-refractivity contribution in [2.45, 2.75) is 32.2 Å². The van der Waals surface area contributed by atoms with Gasteiger partial charge in [0, 0.05) is 6.04 Å². The molecule has 0 bridgehead atoms. The fourth-order valence-electron chi connectivity index (χ4n) is 1.32. The van der Waals surface area contributed by atoms with Crippen molar-refractivity contribution in [2.75, 3.05) is 13.7 Å². The predicted molar refractivity (Wildman–Crippen MR) is 52.8 cm³/mol. The number of unbranched alkanes of at least 4 members (excludes halogenated alkanes) is 1. The summed E-state index contributed by atoms with van der Waals surface area (Å²) in [4.78, 5) is 11.3. The first-order chi connectivity index (χ1) is 6.67. The van der Waals surface area contributed by atoms with Gasteiger partial charge < -0.3 is 15.7 Å². The lowest BCUT2D eigenvalue weighted by Gasteiger charge is -2.19. The molecule has 84 valence electrons. The Morgan fingerprint density at radius 1 is 1.57 bits per heavy atom. The summed E-state index contributed by atoms with van der Waals surface area (Å²) in [5.74, 6) is -0.604. The number of hydroxylamine groups is 1. The van der Waals surface area contributed by atoms with Gasteiger partial charge >= 0.3 is 5.97 Å². The maximum Gasteiger partial charge on any atom is 0.310 e. The van der Waals surface area contributed by atoms with E-state index < -0.39 is 0 Å². The zero-order valence-corrected chi connectivity index (χ0v) is 8.82. The van der Waals surface area contributed by atoms with Crippen molar-refractivity contribution < 1.29 is 14.7 Å². The highest BCUT2D eigenvalue weighted by Gasteiger charge is 2.24. The lowest BCUT2D eigenvalue weighted by Crippen LogP contribution is -2.36. The van der Waals surface area contributed by atoms with Gasteiger partial charge in [0.15, 0.2) is 0 Å². The van der Waals surface area contributed by atoms with Crippen LogP contribution in [0.4, 0.5) is 0 Å². The number of carbonyl (C=O) groups excluding carboxylic acids is 1. The molecular weight excluding hydrogens is 184 g/mol. The molecule has 0 aromatic carbocycles. The second-order valence-electron chi connectivity index (χ2n) is 3.33. The smallest absolute Gasteiger partial charge is 0.310 e. The number of nitrogens with one attached hydrogen (secondary N) is 1. The molecule has 0 aliphatic carbocycles. The average Bonchev–Trinajstić information content (AvgIpc) is 2.22. The summed E-state index contributed by atoms with van der Waals surface area (Å²) in [5.41, 5.74) is 7.43. The maximum absolute atomic E-state index is 11.3. The minimum absolute atomic E-state index is 0.291. The van der Waals surface area contributed by atoms with Crippen LogP contribution in [0, 0.1) is 5.92 Å². The Morgan fingerprint density at radius 3 is 2.64 bits per heavy atom. The van der Waals surface area contributed by atoms with E-state index in [9.17, 15) is 4.79 Å². The zero-order valence-electron chi connectivity index (χ0n) is 8.82. The van der Waals surface area contributed by atoms with Crippen molar-refractivity contribution in [2.24, 2.45) is 11.7 Å². The molecule has 5 heteroatoms. The van der Waals surface area contributed by atoms with E-state index in [1.165, 1.54) is 7.11 Å². The Kier molecular flexibility index (Phi) is 7.37. The van der Waals surface area contributed by atoms with Gasteiger partial charge in [-0.3, -0.25) is 4.79 Å². The topological polar surface area (TPSA) is 84.6 Å². The Hall–Kier alpha value is -0.650. The molecule has 0 saturated carbocycles. The van der Waals surface area contributed by atoms with Crippen LogP contribution in [0.1, 0.15) is 26.2 Å². The number of hydrogen-bond acceptors (Lipinski definition) is 5. The number of rotatable bonds is 7. The summed E-state index contributed by atoms with van der Waals surface area (Å²) >= 11 is 0. The molecular formula is C9H20N2O3. The molecule has 0 heterocycles. The number of methoxy groups -OCH3 is 1. The van der Waals surface area contributed by atoms with Gasteiger partial charge in [0.1, 0.15) is 0 Å². The fourth-order valence-corrected chi connectivity index (χ4v) is 1.32. The third kappa shape index (κ3) is 4.55. The van der Waals surface area contributed by atoms with Crippen LogP contribution in [-0.2, 0) is 9.53 Å². The van der Waals surface area contributed by atoms with Gasteiger partial charge in [0.25, 0.3) is 0 Å². The zero-order chi connectivity index (χ0) is 11.0. The lowest BCUT2D eigenvalue weighted by molar-refractivity contribution is -0.147. The van der Waals surface area contributed by atoms with Crippen LogP contribution in [-0.4, -0.2) is 30.9 Å². The number of hydrogen-bond donors (Lipinski definition) is 3. The molecule has 0 aliphatic heterocycles. The number of esters is 1. The summed E-state index contributed by atoms with van der Waals surface area (Å²) < 4.78 is 4.64. The van der Waals surface area contributed by atoms with E-state index in [4.69, 9.17) is 10.9 Å². The summed E-state index contributed by atoms with van der Waals surface area (Å²) in [7, 11) is 1.35. The monoisotopic (exact) mass is 204 g/mol. The van der Waals surface area contributed by atoms with E-state index in [-0.39, 0.29) is 17.9 Å². The first-order valence-corrected chi connectivity index (χ1v) is 4.84. The largest absolute Gasteiger partial charge is 0.469 e. The average molecular weight is 204 g/mol. The highest BCUT2D eigenvalue weighted by molar-refractivity contribution is 5.73. The van der Waals surface area contributed by atoms with Gasteiger partial charge in [-0.2, -0.15) is 0 Å². The summed E-state index contributed by atoms with van der Waals surface area (Å²) in [5, 5.41) is 8.72. The predicted octanol–water partition coefficient (Wildman–Crippen LogP) is 0.272. The van der Waals surface area contributed by atoms with Gasteiger partial charge in [0.2, 0.25) is 0 Å². The first kappa shape index (κ1) is 13.4. The molecule has 0 aromatic heterocycles. The van der Waals surface area contributed by atoms with Crippen molar-refractivity contribution in [1.82, 2.24) is 5.48 Å². The molecule has 0 amide bonds. The Labute approximate surface area is 84.6 Å². The summed E-state index contributed by atoms with van der Waals surface area (Å²) in [6.45, 7) is 2.36. The third-order valence-corrected chi connectivity index (χ3v) is 2.28. The Morgan fingerprint density at radius 2 is 2.21 bits per heavy atom. The highest BCUT2D eigenvalue weighted by Crippen LogP contribution is 2.14. The molecule has 2 unspecified atom stereocenters. The maximum atomic E-state index is 11.3. The minimum Gasteiger partial charge on any atom is -0.469 e. The molecule has 0 spiro atoms. The molecule has 0 rings (SSSR count). The Balaban J connectivity index is 4.04. The quantitative estimate of drug-likeness (QED) is 0.315. The standard InChI is InChI=1S/C9H20N2O3/c1-7(11-13)8(9(12)14-2)5-3-4-6-10/h7-8,11,13H,3-6,10H2,1-2H3. The van der Waals surface area contributed by atoms with E-state index >= 15 is 0 Å². The molecule has 0 aromatic rings. The molecule has 0 saturated heterocycles. The van der Waals surface area contributed by atoms with Crippen LogP contribution in [0.5, 0.6) is 0 Å². The van der Waals surface area contributed by atoms with Crippen LogP contribution in [0.15, 0.2) is 0 Å². The second kappa shape index (κ2) is 7.73. The van der Waals surface area contributed by atoms with Crippen molar-refractivity contribution in [1.29, 1.82) is 0 Å². The van der Waals surface area contributed by atoms with E-state index in [2.05, 4.69) is 10.2 Å². The lowest BCUT2D eigenvalue weighted by atomic mass is 9.95. The van der Waals surface area contributed by atoms with Crippen molar-refractivity contribution in [3.63, 3.8) is 0 Å². The van der Waals surface area contributed by atoms with Crippen LogP contribution in [0.3, 0.4) is 0 Å². The highest BCUT2D eigenvalue weighted by atomic mass is 16.5. The van der Waals surface area contributed by atoms with E-state index in [1.807, 2.05) is 0 Å². The van der Waals surface area contributed by atoms with Gasteiger partial charge in [-0.05, 0) is 26.3 Å². The normalized spacial score (nSPS) is 14.9. The molecule has 2 atom stereocenters. The third-order valence-electron chi connectivity index (χ3n) is 2.28. The van der Waals surface area contributed by atoms with Crippen molar-refractivity contribution >= 4 is 5.97 Å². The number of nitrogens with two attached hydrogens (primary N) is 1. The van der Waals surface area contributed by atoms with Crippen LogP contribution in [0.2, 0.25) is 0 Å². The summed E-state index contributed by atoms with van der Waals surface area (Å²) in [6.07, 6.45) is 2.42. The van der Waals surface area contributed by atoms with E-state index in [0.29, 0.717) is 13.0 Å². The van der Waals surface area contributed by atoms with Gasteiger partial charge in [-0.1, -0.05) is 6.42 Å². The fraction of sp³-hybridized carbons (Fsp3) is 0.889. The minimum atomic E-state index is -0.309. The molecule has 5 nitrogen and oxygen atoms in total. The van der Waals surface area contributed by atoms with Crippen LogP contribution < -0.4 is 11.2 Å². The SMILES string of the molecule is COC(=O)C(CCCCN)C(C)NO. The Bertz CT molecular complexity index is 164. The summed E-state index contributed by atoms with van der Waals surface area (Å²) in [6, 6.07) is -0.291. The molecule has 0 fully saturated rings. The van der Waals surface area contributed by atoms with Crippen LogP contribution >= 0.6 is 0 Å². The molecule has 0 aliphatic rings. The van der Waals surface area contributed by atoms with E-state index in [0.717, 1.165) is 12.8 Å². The van der Waals surface area contributed by atoms with Crippen molar-refractivity contribution in [3.8, 4) is 0 Å². The van der Waals surface area contributed by atoms with Crippen molar-refractivity contribution in [3.05, 3.63) is 0 Å². The van der Waals surface area contributed by atoms with Gasteiger partial charge in [-0.15, -0.1) is 0 Å². The molecule has 14 heavy (non-hydrogen) atoms. The van der Waals surface area contributed by atoms with Crippen LogP contribution in [0.25, 0.3) is 0 Å².